The second-order valence-corrected chi connectivity index (χ2v) is 6.80. The van der Waals surface area contributed by atoms with Crippen molar-refractivity contribution in [3.05, 3.63) is 94.5 Å². The quantitative estimate of drug-likeness (QED) is 0.548. The summed E-state index contributed by atoms with van der Waals surface area (Å²) >= 11 is 0. The topological polar surface area (TPSA) is 46.2 Å². The molecule has 0 amide bonds. The zero-order chi connectivity index (χ0) is 18.3. The predicted octanol–water partition coefficient (Wildman–Crippen LogP) is 5.33. The molecule has 1 aliphatic carbocycles. The average molecular weight is 341 g/mol. The van der Waals surface area contributed by atoms with Crippen molar-refractivity contribution in [1.82, 2.24) is 0 Å². The molecule has 0 saturated carbocycles. The van der Waals surface area contributed by atoms with Crippen LogP contribution in [0.3, 0.4) is 0 Å². The second kappa shape index (κ2) is 6.26. The molecule has 0 bridgehead atoms. The van der Waals surface area contributed by atoms with Crippen LogP contribution in [0, 0.1) is 0 Å². The monoisotopic (exact) mass is 341 g/mol. The highest BCUT2D eigenvalue weighted by Gasteiger charge is 2.33. The van der Waals surface area contributed by atoms with Crippen LogP contribution in [0.4, 0.5) is 11.4 Å². The molecule has 3 aromatic carbocycles. The molecule has 0 heterocycles. The minimum Gasteiger partial charge on any atom is -0.355 e. The van der Waals surface area contributed by atoms with E-state index in [0.717, 1.165) is 11.3 Å². The fourth-order valence-electron chi connectivity index (χ4n) is 3.53. The maximum Gasteiger partial charge on any atom is 0.196 e. The van der Waals surface area contributed by atoms with Crippen LogP contribution >= 0.6 is 0 Å². The van der Waals surface area contributed by atoms with Gasteiger partial charge in [0, 0.05) is 22.4 Å². The van der Waals surface area contributed by atoms with Crippen molar-refractivity contribution < 1.29 is 9.59 Å². The highest BCUT2D eigenvalue weighted by Crippen LogP contribution is 2.36. The van der Waals surface area contributed by atoms with Gasteiger partial charge in [-0.25, -0.2) is 0 Å². The Hall–Kier alpha value is -3.20. The summed E-state index contributed by atoms with van der Waals surface area (Å²) in [7, 11) is 0. The number of hydrogen-bond donors (Lipinski definition) is 1. The lowest BCUT2D eigenvalue weighted by molar-refractivity contribution is 0.0978. The molecule has 0 aromatic heterocycles. The molecular weight excluding hydrogens is 322 g/mol. The molecule has 0 saturated heterocycles. The standard InChI is InChI=1S/C23H19NO2/c1-14(2)16-10-6-11-17-20(16)22(25)18-12-7-13-19(21(18)23(17)26)24-15-8-4-3-5-9-15/h3-14,24H,1-2H3. The Morgan fingerprint density at radius 1 is 0.692 bits per heavy atom. The smallest absolute Gasteiger partial charge is 0.196 e. The summed E-state index contributed by atoms with van der Waals surface area (Å²) in [5, 5.41) is 3.28. The first-order valence-electron chi connectivity index (χ1n) is 8.75. The van der Waals surface area contributed by atoms with Gasteiger partial charge in [-0.1, -0.05) is 62.4 Å². The third-order valence-electron chi connectivity index (χ3n) is 4.78. The number of rotatable bonds is 3. The van der Waals surface area contributed by atoms with E-state index >= 15 is 0 Å². The van der Waals surface area contributed by atoms with Gasteiger partial charge in [0.25, 0.3) is 0 Å². The van der Waals surface area contributed by atoms with E-state index in [1.807, 2.05) is 68.4 Å². The van der Waals surface area contributed by atoms with Gasteiger partial charge in [0.2, 0.25) is 0 Å². The Labute approximate surface area is 152 Å². The maximum atomic E-state index is 13.2. The van der Waals surface area contributed by atoms with Crippen LogP contribution in [-0.2, 0) is 0 Å². The third-order valence-corrected chi connectivity index (χ3v) is 4.78. The lowest BCUT2D eigenvalue weighted by Gasteiger charge is -2.23. The number of para-hydroxylation sites is 1. The minimum absolute atomic E-state index is 0.0735. The van der Waals surface area contributed by atoms with E-state index in [4.69, 9.17) is 0 Å². The highest BCUT2D eigenvalue weighted by molar-refractivity contribution is 6.30. The van der Waals surface area contributed by atoms with Crippen LogP contribution < -0.4 is 5.32 Å². The number of fused-ring (bicyclic) bond motifs is 2. The second-order valence-electron chi connectivity index (χ2n) is 6.80. The summed E-state index contributed by atoms with van der Waals surface area (Å²) < 4.78 is 0. The Bertz CT molecular complexity index is 1020. The van der Waals surface area contributed by atoms with Gasteiger partial charge in [-0.15, -0.1) is 0 Å². The number of ketones is 2. The third kappa shape index (κ3) is 2.53. The molecule has 3 nitrogen and oxygen atoms in total. The van der Waals surface area contributed by atoms with Gasteiger partial charge >= 0.3 is 0 Å². The van der Waals surface area contributed by atoms with E-state index in [9.17, 15) is 9.59 Å². The molecule has 1 aliphatic rings. The summed E-state index contributed by atoms with van der Waals surface area (Å²) in [4.78, 5) is 26.5. The van der Waals surface area contributed by atoms with Crippen molar-refractivity contribution in [2.24, 2.45) is 0 Å². The molecule has 0 unspecified atom stereocenters. The van der Waals surface area contributed by atoms with E-state index in [1.165, 1.54) is 0 Å². The van der Waals surface area contributed by atoms with Gasteiger partial charge in [-0.05, 0) is 29.7 Å². The van der Waals surface area contributed by atoms with Gasteiger partial charge < -0.3 is 5.32 Å². The number of carbonyl (C=O) groups excluding carboxylic acids is 2. The number of anilines is 2. The van der Waals surface area contributed by atoms with Crippen molar-refractivity contribution in [2.75, 3.05) is 5.32 Å². The van der Waals surface area contributed by atoms with Crippen LogP contribution in [0.5, 0.6) is 0 Å². The van der Waals surface area contributed by atoms with Crippen molar-refractivity contribution in [1.29, 1.82) is 0 Å². The maximum absolute atomic E-state index is 13.2. The van der Waals surface area contributed by atoms with E-state index in [2.05, 4.69) is 5.32 Å². The van der Waals surface area contributed by atoms with Crippen LogP contribution in [0.1, 0.15) is 57.2 Å². The van der Waals surface area contributed by atoms with E-state index < -0.39 is 0 Å². The Morgan fingerprint density at radius 2 is 1.31 bits per heavy atom. The van der Waals surface area contributed by atoms with E-state index in [1.54, 1.807) is 12.1 Å². The molecule has 3 aromatic rings. The van der Waals surface area contributed by atoms with Crippen LogP contribution in [-0.4, -0.2) is 11.6 Å². The van der Waals surface area contributed by atoms with Crippen LogP contribution in [0.2, 0.25) is 0 Å². The molecule has 0 aliphatic heterocycles. The molecule has 0 atom stereocenters. The molecule has 0 spiro atoms. The molecule has 4 rings (SSSR count). The molecule has 128 valence electrons. The highest BCUT2D eigenvalue weighted by atomic mass is 16.1. The van der Waals surface area contributed by atoms with Crippen molar-refractivity contribution in [2.45, 2.75) is 19.8 Å². The van der Waals surface area contributed by atoms with Gasteiger partial charge in [0.15, 0.2) is 11.6 Å². The van der Waals surface area contributed by atoms with Crippen LogP contribution in [0.25, 0.3) is 0 Å². The van der Waals surface area contributed by atoms with Gasteiger partial charge in [0.05, 0.1) is 11.3 Å². The predicted molar refractivity (Wildman–Crippen MR) is 104 cm³/mol. The van der Waals surface area contributed by atoms with E-state index in [0.29, 0.717) is 27.9 Å². The molecular formula is C23H19NO2. The number of nitrogens with one attached hydrogen (secondary N) is 1. The summed E-state index contributed by atoms with van der Waals surface area (Å²) in [6, 6.07) is 20.6. The number of carbonyl (C=O) groups is 2. The molecule has 26 heavy (non-hydrogen) atoms. The summed E-state index contributed by atoms with van der Waals surface area (Å²) in [5.74, 6) is 0.000573. The Kier molecular flexibility index (Phi) is 3.92. The number of hydrogen-bond acceptors (Lipinski definition) is 3. The molecule has 0 radical (unpaired) electrons. The summed E-state index contributed by atoms with van der Waals surface area (Å²) in [5.41, 5.74) is 4.43. The lowest BCUT2D eigenvalue weighted by Crippen LogP contribution is -2.24. The number of benzene rings is 3. The molecule has 1 N–H and O–H groups in total. The van der Waals surface area contributed by atoms with Crippen molar-refractivity contribution in [3.63, 3.8) is 0 Å². The first kappa shape index (κ1) is 16.3. The first-order chi connectivity index (χ1) is 12.6. The minimum atomic E-state index is -0.101. The Balaban J connectivity index is 1.88. The van der Waals surface area contributed by atoms with E-state index in [-0.39, 0.29) is 17.5 Å². The molecule has 0 fully saturated rings. The van der Waals surface area contributed by atoms with Gasteiger partial charge in [-0.2, -0.15) is 0 Å². The zero-order valence-corrected chi connectivity index (χ0v) is 14.7. The zero-order valence-electron chi connectivity index (χ0n) is 14.7. The lowest BCUT2D eigenvalue weighted by atomic mass is 9.79. The average Bonchev–Trinajstić information content (AvgIpc) is 2.66. The van der Waals surface area contributed by atoms with Crippen molar-refractivity contribution in [3.8, 4) is 0 Å². The largest absolute Gasteiger partial charge is 0.355 e. The SMILES string of the molecule is CC(C)c1cccc2c1C(=O)c1cccc(Nc3ccccc3)c1C2=O. The van der Waals surface area contributed by atoms with Gasteiger partial charge in [-0.3, -0.25) is 9.59 Å². The summed E-state index contributed by atoms with van der Waals surface area (Å²) in [6.07, 6.45) is 0. The first-order valence-corrected chi connectivity index (χ1v) is 8.75. The normalized spacial score (nSPS) is 12.7. The van der Waals surface area contributed by atoms with Crippen molar-refractivity contribution >= 4 is 22.9 Å². The fourth-order valence-corrected chi connectivity index (χ4v) is 3.53. The van der Waals surface area contributed by atoms with Crippen LogP contribution in [0.15, 0.2) is 66.7 Å². The summed E-state index contributed by atoms with van der Waals surface area (Å²) in [6.45, 7) is 4.08. The van der Waals surface area contributed by atoms with Gasteiger partial charge in [0.1, 0.15) is 0 Å². The molecule has 3 heteroatoms. The fraction of sp³-hybridized carbons (Fsp3) is 0.130. The Morgan fingerprint density at radius 3 is 2.00 bits per heavy atom.